The molecule has 1 aliphatic rings. The second-order valence-corrected chi connectivity index (χ2v) is 10.0. The van der Waals surface area contributed by atoms with E-state index in [1.165, 1.54) is 96.3 Å². The molecule has 0 saturated heterocycles. The Morgan fingerprint density at radius 1 is 0.821 bits per heavy atom. The van der Waals surface area contributed by atoms with Crippen LogP contribution < -0.4 is 0 Å². The summed E-state index contributed by atoms with van der Waals surface area (Å²) in [5, 5.41) is 0. The number of hydrogen-bond donors (Lipinski definition) is 0. The third-order valence-corrected chi connectivity index (χ3v) is 6.91. The minimum absolute atomic E-state index is 0.131. The first kappa shape index (κ1) is 25.6. The van der Waals surface area contributed by atoms with E-state index >= 15 is 0 Å². The van der Waals surface area contributed by atoms with E-state index < -0.39 is 0 Å². The van der Waals surface area contributed by atoms with Crippen LogP contribution in [0.3, 0.4) is 0 Å². The van der Waals surface area contributed by atoms with E-state index in [1.807, 2.05) is 6.08 Å². The van der Waals surface area contributed by atoms with Crippen molar-refractivity contribution >= 4 is 11.6 Å². The first-order valence-corrected chi connectivity index (χ1v) is 12.6. The van der Waals surface area contributed by atoms with E-state index in [2.05, 4.69) is 32.9 Å². The molecule has 0 aromatic rings. The topological polar surface area (TPSA) is 9.23 Å². The van der Waals surface area contributed by atoms with E-state index in [-0.39, 0.29) is 11.0 Å². The largest absolute Gasteiger partial charge is 0.494 e. The zero-order valence-corrected chi connectivity index (χ0v) is 19.8. The quantitative estimate of drug-likeness (QED) is 0.161. The Morgan fingerprint density at radius 3 is 1.79 bits per heavy atom. The van der Waals surface area contributed by atoms with Gasteiger partial charge in [-0.05, 0) is 31.4 Å². The number of hydrogen-bond acceptors (Lipinski definition) is 1. The second-order valence-electron chi connectivity index (χ2n) is 9.16. The average Bonchev–Trinajstić information content (AvgIpc) is 2.68. The summed E-state index contributed by atoms with van der Waals surface area (Å²) < 4.78 is 5.64. The fourth-order valence-corrected chi connectivity index (χ4v) is 4.34. The third kappa shape index (κ3) is 12.9. The molecule has 0 fully saturated rings. The van der Waals surface area contributed by atoms with E-state index in [9.17, 15) is 0 Å². The fourth-order valence-electron chi connectivity index (χ4n) is 4.08. The molecule has 1 nitrogen and oxygen atoms in total. The van der Waals surface area contributed by atoms with Gasteiger partial charge in [-0.15, -0.1) is 11.6 Å². The fraction of sp³-hybridized carbons (Fsp3) is 0.846. The standard InChI is InChI=1S/C26H47ClO/c1-4-5-6-7-8-9-10-11-12-13-14-15-16-17-20-24(2)26(3,27)23-25-21-18-19-22-28-25/h18-19,21-22,24-25H,4-17,20,23H2,1-3H3. The van der Waals surface area contributed by atoms with Crippen LogP contribution in [0.2, 0.25) is 0 Å². The molecule has 2 heteroatoms. The van der Waals surface area contributed by atoms with Crippen LogP contribution in [-0.4, -0.2) is 11.0 Å². The van der Waals surface area contributed by atoms with Gasteiger partial charge in [0.05, 0.1) is 6.26 Å². The van der Waals surface area contributed by atoms with Crippen molar-refractivity contribution < 1.29 is 4.74 Å². The van der Waals surface area contributed by atoms with Crippen molar-refractivity contribution in [2.24, 2.45) is 5.92 Å². The Hall–Kier alpha value is -0.430. The lowest BCUT2D eigenvalue weighted by Crippen LogP contribution is -2.31. The van der Waals surface area contributed by atoms with Gasteiger partial charge in [-0.25, -0.2) is 0 Å². The van der Waals surface area contributed by atoms with E-state index in [4.69, 9.17) is 16.3 Å². The molecule has 3 unspecified atom stereocenters. The summed E-state index contributed by atoms with van der Waals surface area (Å²) >= 11 is 6.84. The van der Waals surface area contributed by atoms with Crippen molar-refractivity contribution in [1.82, 2.24) is 0 Å². The molecular formula is C26H47ClO. The van der Waals surface area contributed by atoms with Crippen LogP contribution in [0.5, 0.6) is 0 Å². The molecule has 0 aliphatic carbocycles. The van der Waals surface area contributed by atoms with Gasteiger partial charge in [-0.2, -0.15) is 0 Å². The molecule has 1 heterocycles. The highest BCUT2D eigenvalue weighted by molar-refractivity contribution is 6.23. The zero-order valence-electron chi connectivity index (χ0n) is 19.1. The van der Waals surface area contributed by atoms with Gasteiger partial charge in [0, 0.05) is 11.3 Å². The van der Waals surface area contributed by atoms with Crippen LogP contribution >= 0.6 is 11.6 Å². The Bertz CT molecular complexity index is 413. The van der Waals surface area contributed by atoms with Crippen LogP contribution in [0.4, 0.5) is 0 Å². The van der Waals surface area contributed by atoms with E-state index in [1.54, 1.807) is 6.26 Å². The van der Waals surface area contributed by atoms with Crippen LogP contribution in [0, 0.1) is 5.92 Å². The Morgan fingerprint density at radius 2 is 1.32 bits per heavy atom. The lowest BCUT2D eigenvalue weighted by Gasteiger charge is -2.32. The SMILES string of the molecule is CCCCCCCCCCCCCCCCC(C)C(C)(Cl)CC1C=CC=CO1. The summed E-state index contributed by atoms with van der Waals surface area (Å²) in [6.45, 7) is 6.77. The first-order valence-electron chi connectivity index (χ1n) is 12.2. The average molecular weight is 411 g/mol. The molecule has 0 saturated carbocycles. The number of halogens is 1. The highest BCUT2D eigenvalue weighted by Crippen LogP contribution is 2.35. The maximum atomic E-state index is 6.84. The van der Waals surface area contributed by atoms with E-state index in [0.29, 0.717) is 5.92 Å². The number of ether oxygens (including phenoxy) is 1. The van der Waals surface area contributed by atoms with E-state index in [0.717, 1.165) is 6.42 Å². The lowest BCUT2D eigenvalue weighted by molar-refractivity contribution is 0.149. The first-order chi connectivity index (χ1) is 13.6. The van der Waals surface area contributed by atoms with Gasteiger partial charge >= 0.3 is 0 Å². The molecule has 0 amide bonds. The lowest BCUT2D eigenvalue weighted by atomic mass is 9.85. The Balaban J connectivity index is 1.91. The molecule has 0 radical (unpaired) electrons. The maximum Gasteiger partial charge on any atom is 0.118 e. The van der Waals surface area contributed by atoms with Crippen molar-refractivity contribution in [1.29, 1.82) is 0 Å². The minimum atomic E-state index is -0.184. The monoisotopic (exact) mass is 410 g/mol. The molecule has 3 atom stereocenters. The summed E-state index contributed by atoms with van der Waals surface area (Å²) in [5.74, 6) is 0.523. The predicted molar refractivity (Wildman–Crippen MR) is 126 cm³/mol. The van der Waals surface area contributed by atoms with Gasteiger partial charge in [-0.1, -0.05) is 110 Å². The summed E-state index contributed by atoms with van der Waals surface area (Å²) in [5.41, 5.74) is 0. The number of rotatable bonds is 18. The van der Waals surface area contributed by atoms with Crippen molar-refractivity contribution in [2.75, 3.05) is 0 Å². The smallest absolute Gasteiger partial charge is 0.118 e. The normalized spacial score (nSPS) is 19.4. The summed E-state index contributed by atoms with van der Waals surface area (Å²) in [7, 11) is 0. The van der Waals surface area contributed by atoms with Crippen molar-refractivity contribution in [2.45, 2.75) is 134 Å². The summed E-state index contributed by atoms with van der Waals surface area (Å²) in [4.78, 5) is -0.184. The number of unbranched alkanes of at least 4 members (excludes halogenated alkanes) is 13. The molecule has 0 aromatic heterocycles. The van der Waals surface area contributed by atoms with Crippen molar-refractivity contribution in [3.05, 3.63) is 24.5 Å². The molecular weight excluding hydrogens is 364 g/mol. The number of alkyl halides is 1. The van der Waals surface area contributed by atoms with Gasteiger partial charge in [0.15, 0.2) is 0 Å². The van der Waals surface area contributed by atoms with Gasteiger partial charge in [0.2, 0.25) is 0 Å². The van der Waals surface area contributed by atoms with Crippen LogP contribution in [-0.2, 0) is 4.74 Å². The molecule has 0 spiro atoms. The highest BCUT2D eigenvalue weighted by atomic mass is 35.5. The van der Waals surface area contributed by atoms with Gasteiger partial charge in [0.25, 0.3) is 0 Å². The highest BCUT2D eigenvalue weighted by Gasteiger charge is 2.31. The van der Waals surface area contributed by atoms with Gasteiger partial charge in [-0.3, -0.25) is 0 Å². The summed E-state index contributed by atoms with van der Waals surface area (Å²) in [6, 6.07) is 0. The molecule has 0 N–H and O–H groups in total. The molecule has 0 aromatic carbocycles. The molecule has 1 rings (SSSR count). The van der Waals surface area contributed by atoms with Gasteiger partial charge < -0.3 is 4.74 Å². The van der Waals surface area contributed by atoms with Crippen molar-refractivity contribution in [3.63, 3.8) is 0 Å². The second kappa shape index (κ2) is 16.4. The molecule has 28 heavy (non-hydrogen) atoms. The van der Waals surface area contributed by atoms with Crippen LogP contribution in [0.15, 0.2) is 24.5 Å². The van der Waals surface area contributed by atoms with Gasteiger partial charge in [0.1, 0.15) is 6.10 Å². The Labute approximate surface area is 181 Å². The Kier molecular flexibility index (Phi) is 15.0. The summed E-state index contributed by atoms with van der Waals surface area (Å²) in [6.07, 6.45) is 29.9. The molecule has 1 aliphatic heterocycles. The van der Waals surface area contributed by atoms with Crippen LogP contribution in [0.25, 0.3) is 0 Å². The third-order valence-electron chi connectivity index (χ3n) is 6.39. The maximum absolute atomic E-state index is 6.84. The molecule has 164 valence electrons. The van der Waals surface area contributed by atoms with Crippen molar-refractivity contribution in [3.8, 4) is 0 Å². The minimum Gasteiger partial charge on any atom is -0.494 e. The predicted octanol–water partition coefficient (Wildman–Crippen LogP) is 9.35. The zero-order chi connectivity index (χ0) is 20.5. The molecule has 0 bridgehead atoms. The number of allylic oxidation sites excluding steroid dienone is 2. The van der Waals surface area contributed by atoms with Crippen LogP contribution in [0.1, 0.15) is 124 Å².